The quantitative estimate of drug-likeness (QED) is 0.869. The first-order valence-electron chi connectivity index (χ1n) is 5.76. The van der Waals surface area contributed by atoms with Crippen molar-refractivity contribution >= 4 is 21.8 Å². The molecule has 0 aromatic heterocycles. The predicted molar refractivity (Wildman–Crippen MR) is 70.4 cm³/mol. The van der Waals surface area contributed by atoms with Crippen molar-refractivity contribution in [2.24, 2.45) is 5.73 Å². The fourth-order valence-electron chi connectivity index (χ4n) is 2.08. The van der Waals surface area contributed by atoms with Crippen molar-refractivity contribution in [1.82, 2.24) is 10.2 Å². The van der Waals surface area contributed by atoms with Crippen LogP contribution < -0.4 is 11.1 Å². The van der Waals surface area contributed by atoms with Gasteiger partial charge >= 0.3 is 0 Å². The van der Waals surface area contributed by atoms with E-state index < -0.39 is 0 Å². The van der Waals surface area contributed by atoms with Gasteiger partial charge in [0, 0.05) is 30.7 Å². The van der Waals surface area contributed by atoms with Crippen LogP contribution in [0, 0.1) is 5.82 Å². The molecule has 0 bridgehead atoms. The number of rotatable bonds is 3. The first kappa shape index (κ1) is 13.5. The van der Waals surface area contributed by atoms with Crippen molar-refractivity contribution in [2.45, 2.75) is 12.6 Å². The Bertz CT molecular complexity index is 455. The molecule has 1 heterocycles. The van der Waals surface area contributed by atoms with Crippen LogP contribution in [0.2, 0.25) is 0 Å². The van der Waals surface area contributed by atoms with E-state index >= 15 is 0 Å². The monoisotopic (exact) mass is 315 g/mol. The highest BCUT2D eigenvalue weighted by atomic mass is 79.9. The smallest absolute Gasteiger partial charge is 0.236 e. The SMILES string of the molecule is NC(=O)C1CNCCN1Cc1ccc(F)cc1Br. The Labute approximate surface area is 113 Å². The molecule has 1 amide bonds. The number of hydrogen-bond donors (Lipinski definition) is 2. The van der Waals surface area contributed by atoms with Gasteiger partial charge in [0.05, 0.1) is 0 Å². The number of nitrogens with zero attached hydrogens (tertiary/aromatic N) is 1. The summed E-state index contributed by atoms with van der Waals surface area (Å²) in [6.45, 7) is 2.71. The molecule has 0 radical (unpaired) electrons. The standard InChI is InChI=1S/C12H15BrFN3O/c13-10-5-9(14)2-1-8(10)7-17-4-3-16-6-11(17)12(15)18/h1-2,5,11,16H,3-4,6-7H2,(H2,15,18). The van der Waals surface area contributed by atoms with E-state index in [1.807, 2.05) is 4.90 Å². The molecule has 1 aromatic carbocycles. The van der Waals surface area contributed by atoms with Gasteiger partial charge in [-0.2, -0.15) is 0 Å². The lowest BCUT2D eigenvalue weighted by atomic mass is 10.1. The highest BCUT2D eigenvalue weighted by molar-refractivity contribution is 9.10. The Hall–Kier alpha value is -0.980. The summed E-state index contributed by atoms with van der Waals surface area (Å²) in [4.78, 5) is 13.4. The van der Waals surface area contributed by atoms with Gasteiger partial charge in [0.2, 0.25) is 5.91 Å². The maximum atomic E-state index is 13.0. The van der Waals surface area contributed by atoms with Crippen LogP contribution in [0.4, 0.5) is 4.39 Å². The fourth-order valence-corrected chi connectivity index (χ4v) is 2.56. The normalized spacial score (nSPS) is 20.9. The van der Waals surface area contributed by atoms with Crippen LogP contribution in [0.15, 0.2) is 22.7 Å². The molecule has 2 rings (SSSR count). The van der Waals surface area contributed by atoms with Crippen LogP contribution in [0.3, 0.4) is 0 Å². The summed E-state index contributed by atoms with van der Waals surface area (Å²) in [5, 5.41) is 3.14. The van der Waals surface area contributed by atoms with Gasteiger partial charge in [0.15, 0.2) is 0 Å². The van der Waals surface area contributed by atoms with Crippen molar-refractivity contribution in [2.75, 3.05) is 19.6 Å². The lowest BCUT2D eigenvalue weighted by Gasteiger charge is -2.34. The summed E-state index contributed by atoms with van der Waals surface area (Å²) in [5.41, 5.74) is 6.33. The van der Waals surface area contributed by atoms with Gasteiger partial charge in [-0.3, -0.25) is 9.69 Å². The Balaban J connectivity index is 2.13. The van der Waals surface area contributed by atoms with E-state index in [1.165, 1.54) is 12.1 Å². The molecule has 1 aromatic rings. The Kier molecular flexibility index (Phi) is 4.31. The van der Waals surface area contributed by atoms with Crippen LogP contribution in [-0.2, 0) is 11.3 Å². The minimum atomic E-state index is -0.333. The van der Waals surface area contributed by atoms with Gasteiger partial charge in [-0.15, -0.1) is 0 Å². The van der Waals surface area contributed by atoms with Crippen LogP contribution >= 0.6 is 15.9 Å². The molecular weight excluding hydrogens is 301 g/mol. The zero-order valence-electron chi connectivity index (χ0n) is 9.83. The Morgan fingerprint density at radius 2 is 2.39 bits per heavy atom. The number of nitrogens with one attached hydrogen (secondary N) is 1. The highest BCUT2D eigenvalue weighted by Crippen LogP contribution is 2.21. The molecule has 0 aliphatic carbocycles. The van der Waals surface area contributed by atoms with E-state index in [-0.39, 0.29) is 17.8 Å². The summed E-state index contributed by atoms with van der Waals surface area (Å²) in [6.07, 6.45) is 0. The van der Waals surface area contributed by atoms with Gasteiger partial charge in [0.25, 0.3) is 0 Å². The molecule has 1 atom stereocenters. The third kappa shape index (κ3) is 3.07. The van der Waals surface area contributed by atoms with E-state index in [0.717, 1.165) is 18.7 Å². The van der Waals surface area contributed by atoms with E-state index in [4.69, 9.17) is 5.73 Å². The van der Waals surface area contributed by atoms with Crippen LogP contribution in [-0.4, -0.2) is 36.5 Å². The van der Waals surface area contributed by atoms with Gasteiger partial charge in [-0.1, -0.05) is 22.0 Å². The molecule has 3 N–H and O–H groups in total. The number of benzene rings is 1. The van der Waals surface area contributed by atoms with Crippen molar-refractivity contribution in [3.05, 3.63) is 34.1 Å². The number of hydrogen-bond acceptors (Lipinski definition) is 3. The van der Waals surface area contributed by atoms with E-state index in [2.05, 4.69) is 21.2 Å². The Morgan fingerprint density at radius 3 is 3.06 bits per heavy atom. The molecule has 0 saturated carbocycles. The summed E-state index contributed by atoms with van der Waals surface area (Å²) < 4.78 is 13.7. The molecule has 4 nitrogen and oxygen atoms in total. The second-order valence-electron chi connectivity index (χ2n) is 4.33. The zero-order chi connectivity index (χ0) is 13.1. The second kappa shape index (κ2) is 5.77. The minimum Gasteiger partial charge on any atom is -0.368 e. The van der Waals surface area contributed by atoms with Crippen LogP contribution in [0.25, 0.3) is 0 Å². The first-order valence-corrected chi connectivity index (χ1v) is 6.55. The molecule has 1 aliphatic heterocycles. The third-order valence-corrected chi connectivity index (χ3v) is 3.81. The number of primary amides is 1. The van der Waals surface area contributed by atoms with Gasteiger partial charge in [-0.25, -0.2) is 4.39 Å². The molecular formula is C12H15BrFN3O. The maximum absolute atomic E-state index is 13.0. The molecule has 6 heteroatoms. The molecule has 1 aliphatic rings. The summed E-state index contributed by atoms with van der Waals surface area (Å²) >= 11 is 3.33. The molecule has 98 valence electrons. The van der Waals surface area contributed by atoms with Crippen molar-refractivity contribution in [3.8, 4) is 0 Å². The number of carbonyl (C=O) groups is 1. The van der Waals surface area contributed by atoms with Gasteiger partial charge in [-0.05, 0) is 17.7 Å². The lowest BCUT2D eigenvalue weighted by Crippen LogP contribution is -2.56. The van der Waals surface area contributed by atoms with E-state index in [0.29, 0.717) is 17.6 Å². The average Bonchev–Trinajstić information content (AvgIpc) is 2.33. The van der Waals surface area contributed by atoms with Crippen molar-refractivity contribution in [1.29, 1.82) is 0 Å². The van der Waals surface area contributed by atoms with Crippen LogP contribution in [0.1, 0.15) is 5.56 Å². The molecule has 1 saturated heterocycles. The number of nitrogens with two attached hydrogens (primary N) is 1. The van der Waals surface area contributed by atoms with Crippen molar-refractivity contribution in [3.63, 3.8) is 0 Å². The predicted octanol–water partition coefficient (Wildman–Crippen LogP) is 0.847. The minimum absolute atomic E-state index is 0.280. The summed E-state index contributed by atoms with van der Waals surface area (Å²) in [5.74, 6) is -0.613. The van der Waals surface area contributed by atoms with Crippen LogP contribution in [0.5, 0.6) is 0 Å². The molecule has 1 fully saturated rings. The van der Waals surface area contributed by atoms with Gasteiger partial charge < -0.3 is 11.1 Å². The van der Waals surface area contributed by atoms with E-state index in [9.17, 15) is 9.18 Å². The number of amides is 1. The number of halogens is 2. The highest BCUT2D eigenvalue weighted by Gasteiger charge is 2.26. The molecule has 0 spiro atoms. The number of piperazine rings is 1. The summed E-state index contributed by atoms with van der Waals surface area (Å²) in [6, 6.07) is 4.26. The zero-order valence-corrected chi connectivity index (χ0v) is 11.4. The summed E-state index contributed by atoms with van der Waals surface area (Å²) in [7, 11) is 0. The average molecular weight is 316 g/mol. The lowest BCUT2D eigenvalue weighted by molar-refractivity contribution is -0.124. The second-order valence-corrected chi connectivity index (χ2v) is 5.18. The first-order chi connectivity index (χ1) is 8.58. The third-order valence-electron chi connectivity index (χ3n) is 3.07. The topological polar surface area (TPSA) is 58.4 Å². The maximum Gasteiger partial charge on any atom is 0.236 e. The largest absolute Gasteiger partial charge is 0.368 e. The molecule has 1 unspecified atom stereocenters. The number of carbonyl (C=O) groups excluding carboxylic acids is 1. The van der Waals surface area contributed by atoms with Gasteiger partial charge in [0.1, 0.15) is 11.9 Å². The Morgan fingerprint density at radius 1 is 1.61 bits per heavy atom. The fraction of sp³-hybridized carbons (Fsp3) is 0.417. The molecule has 18 heavy (non-hydrogen) atoms. The van der Waals surface area contributed by atoms with E-state index in [1.54, 1.807) is 6.07 Å². The van der Waals surface area contributed by atoms with Crippen molar-refractivity contribution < 1.29 is 9.18 Å².